The van der Waals surface area contributed by atoms with Gasteiger partial charge in [0.25, 0.3) is 5.88 Å². The van der Waals surface area contributed by atoms with Gasteiger partial charge in [-0.05, 0) is 50.7 Å². The Morgan fingerprint density at radius 1 is 0.765 bits per heavy atom. The smallest absolute Gasteiger partial charge is 0.358 e. The zero-order chi connectivity index (χ0) is 34.7. The molecule has 2 fully saturated rings. The third-order valence-corrected chi connectivity index (χ3v) is 12.5. The molecule has 4 aromatic heterocycles. The number of ether oxygens (including phenoxy) is 1. The van der Waals surface area contributed by atoms with E-state index in [1.807, 2.05) is 21.3 Å². The molecule has 0 N–H and O–H groups in total. The predicted molar refractivity (Wildman–Crippen MR) is 198 cm³/mol. The molecule has 0 saturated heterocycles. The molecule has 6 heterocycles. The average Bonchev–Trinajstić information content (AvgIpc) is 3.95. The number of carbonyl (C=O) groups excluding carboxylic acids is 1. The molecule has 0 radical (unpaired) electrons. The summed E-state index contributed by atoms with van der Waals surface area (Å²) in [4.78, 5) is 47.5. The lowest BCUT2D eigenvalue weighted by Crippen LogP contribution is -2.18. The largest absolute Gasteiger partial charge is 0.461 e. The lowest BCUT2D eigenvalue weighted by molar-refractivity contribution is -0.211. The second kappa shape index (κ2) is 15.0. The number of nitrogens with zero attached hydrogens (tertiary/aromatic N) is 6. The van der Waals surface area contributed by atoms with E-state index in [0.29, 0.717) is 55.9 Å². The maximum absolute atomic E-state index is 13.2. The van der Waals surface area contributed by atoms with E-state index >= 15 is 0 Å². The van der Waals surface area contributed by atoms with E-state index in [4.69, 9.17) is 37.3 Å². The van der Waals surface area contributed by atoms with Gasteiger partial charge in [-0.15, -0.1) is 35.5 Å². The van der Waals surface area contributed by atoms with E-state index in [2.05, 4.69) is 21.8 Å². The van der Waals surface area contributed by atoms with Crippen LogP contribution in [0.3, 0.4) is 0 Å². The minimum atomic E-state index is -0.458. The highest BCUT2D eigenvalue weighted by Crippen LogP contribution is 2.39. The molecule has 2 aliphatic heterocycles. The zero-order valence-corrected chi connectivity index (χ0v) is 30.2. The molecular weight excluding hydrogens is 681 g/mol. The van der Waals surface area contributed by atoms with Gasteiger partial charge in [0.1, 0.15) is 18.3 Å². The summed E-state index contributed by atoms with van der Waals surface area (Å²) in [5.41, 5.74) is 6.07. The number of imidazole rings is 2. The van der Waals surface area contributed by atoms with Crippen molar-refractivity contribution in [2.75, 3.05) is 13.2 Å². The number of thiophene rings is 2. The number of fused-ring (bicyclic) bond motifs is 6. The normalized spacial score (nSPS) is 17.4. The van der Waals surface area contributed by atoms with Crippen LogP contribution in [0.2, 0.25) is 0 Å². The van der Waals surface area contributed by atoms with Crippen LogP contribution in [0.5, 0.6) is 5.88 Å². The average molecular weight is 721 g/mol. The summed E-state index contributed by atoms with van der Waals surface area (Å²) < 4.78 is 9.65. The highest BCUT2D eigenvalue weighted by atomic mass is 32.1. The third-order valence-electron chi connectivity index (χ3n) is 10.4. The number of rotatable bonds is 10. The van der Waals surface area contributed by atoms with Gasteiger partial charge in [0.15, 0.2) is 5.69 Å². The van der Waals surface area contributed by atoms with Crippen molar-refractivity contribution in [1.82, 2.24) is 19.1 Å². The molecule has 4 aromatic rings. The van der Waals surface area contributed by atoms with E-state index in [9.17, 15) is 4.79 Å². The van der Waals surface area contributed by atoms with Crippen molar-refractivity contribution in [3.63, 3.8) is 0 Å². The van der Waals surface area contributed by atoms with Crippen molar-refractivity contribution in [3.8, 4) is 41.9 Å². The Balaban J connectivity index is 0.861. The van der Waals surface area contributed by atoms with Crippen molar-refractivity contribution in [2.45, 2.75) is 90.1 Å². The van der Waals surface area contributed by atoms with Gasteiger partial charge in [-0.1, -0.05) is 50.4 Å². The SMILES string of the molecule is C#Cc1cc2c(s1)C(C1CCCCC1)=NCc1c(OOCCCCOC(=O)c3ncn4c3CN=C(C3CCCCC3)c3sc(C#C)cc3-4)ncn1-2. The first kappa shape index (κ1) is 33.6. The third kappa shape index (κ3) is 6.69. The second-order valence-electron chi connectivity index (χ2n) is 13.5. The Morgan fingerprint density at radius 2 is 1.31 bits per heavy atom. The van der Waals surface area contributed by atoms with Crippen molar-refractivity contribution in [1.29, 1.82) is 0 Å². The predicted octanol–water partition coefficient (Wildman–Crippen LogP) is 7.86. The quantitative estimate of drug-likeness (QED) is 0.0543. The maximum atomic E-state index is 13.2. The Hall–Kier alpha value is -4.49. The fraction of sp³-hybridized carbons (Fsp3) is 0.462. The van der Waals surface area contributed by atoms with Crippen LogP contribution in [0.15, 0.2) is 34.8 Å². The number of unbranched alkanes of at least 4 members (excludes halogenated alkanes) is 1. The molecule has 4 aliphatic rings. The highest BCUT2D eigenvalue weighted by Gasteiger charge is 2.31. The summed E-state index contributed by atoms with van der Waals surface area (Å²) in [6, 6.07) is 4.04. The highest BCUT2D eigenvalue weighted by molar-refractivity contribution is 7.15. The van der Waals surface area contributed by atoms with Gasteiger partial charge < -0.3 is 9.62 Å². The van der Waals surface area contributed by atoms with Crippen LogP contribution in [0, 0.1) is 36.5 Å². The van der Waals surface area contributed by atoms with Crippen molar-refractivity contribution in [3.05, 3.63) is 61.4 Å². The van der Waals surface area contributed by atoms with Gasteiger partial charge in [-0.25, -0.2) is 9.78 Å². The molecule has 2 saturated carbocycles. The van der Waals surface area contributed by atoms with Crippen LogP contribution >= 0.6 is 22.7 Å². The van der Waals surface area contributed by atoms with Crippen molar-refractivity contribution < 1.29 is 19.3 Å². The molecule has 0 amide bonds. The molecule has 51 heavy (non-hydrogen) atoms. The van der Waals surface area contributed by atoms with Crippen molar-refractivity contribution in [2.24, 2.45) is 21.8 Å². The minimum absolute atomic E-state index is 0.229. The fourth-order valence-electron chi connectivity index (χ4n) is 7.75. The summed E-state index contributed by atoms with van der Waals surface area (Å²) in [6.45, 7) is 1.37. The van der Waals surface area contributed by atoms with E-state index in [0.717, 1.165) is 79.4 Å². The molecule has 262 valence electrons. The molecular formula is C39H40N6O4S2. The molecule has 8 rings (SSSR count). The van der Waals surface area contributed by atoms with Crippen LogP contribution < -0.4 is 4.89 Å². The fourth-order valence-corrected chi connectivity index (χ4v) is 9.84. The Kier molecular flexibility index (Phi) is 9.90. The summed E-state index contributed by atoms with van der Waals surface area (Å²) in [7, 11) is 0. The van der Waals surface area contributed by atoms with Crippen LogP contribution in [-0.2, 0) is 22.7 Å². The van der Waals surface area contributed by atoms with E-state index in [1.165, 1.54) is 38.5 Å². The van der Waals surface area contributed by atoms with Crippen LogP contribution in [0.25, 0.3) is 11.4 Å². The van der Waals surface area contributed by atoms with E-state index in [-0.39, 0.29) is 6.61 Å². The lowest BCUT2D eigenvalue weighted by Gasteiger charge is -2.23. The minimum Gasteiger partial charge on any atom is -0.461 e. The molecule has 0 unspecified atom stereocenters. The Labute approximate surface area is 305 Å². The molecule has 10 nitrogen and oxygen atoms in total. The zero-order valence-electron chi connectivity index (χ0n) is 28.6. The van der Waals surface area contributed by atoms with Gasteiger partial charge in [-0.3, -0.25) is 19.1 Å². The van der Waals surface area contributed by atoms with Crippen LogP contribution in [0.4, 0.5) is 0 Å². The first-order valence-electron chi connectivity index (χ1n) is 18.0. The number of hydrogen-bond acceptors (Lipinski definition) is 10. The van der Waals surface area contributed by atoms with E-state index < -0.39 is 5.97 Å². The van der Waals surface area contributed by atoms with Crippen LogP contribution in [-0.4, -0.2) is 49.7 Å². The molecule has 2 aliphatic carbocycles. The van der Waals surface area contributed by atoms with E-state index in [1.54, 1.807) is 35.3 Å². The number of carbonyl (C=O) groups is 1. The molecule has 0 atom stereocenters. The summed E-state index contributed by atoms with van der Waals surface area (Å²) in [5.74, 6) is 6.38. The second-order valence-corrected chi connectivity index (χ2v) is 15.6. The molecule has 0 bridgehead atoms. The van der Waals surface area contributed by atoms with Crippen molar-refractivity contribution >= 4 is 40.1 Å². The number of hydrogen-bond donors (Lipinski definition) is 0. The van der Waals surface area contributed by atoms with Gasteiger partial charge in [0, 0.05) is 11.8 Å². The summed E-state index contributed by atoms with van der Waals surface area (Å²) >= 11 is 3.22. The number of aliphatic imine (C=N–C) groups is 2. The number of terminal acetylenes is 2. The molecule has 12 heteroatoms. The molecule has 0 spiro atoms. The van der Waals surface area contributed by atoms with Gasteiger partial charge in [0.2, 0.25) is 0 Å². The number of esters is 1. The topological polar surface area (TPSA) is 105 Å². The Morgan fingerprint density at radius 3 is 1.92 bits per heavy atom. The van der Waals surface area contributed by atoms with Gasteiger partial charge in [0.05, 0.1) is 74.3 Å². The lowest BCUT2D eigenvalue weighted by atomic mass is 9.85. The van der Waals surface area contributed by atoms with Gasteiger partial charge >= 0.3 is 5.97 Å². The summed E-state index contributed by atoms with van der Waals surface area (Å²) in [6.07, 6.45) is 28.2. The van der Waals surface area contributed by atoms with Crippen LogP contribution in [0.1, 0.15) is 118 Å². The maximum Gasteiger partial charge on any atom is 0.358 e. The Bertz CT molecular complexity index is 2070. The molecule has 0 aromatic carbocycles. The number of aromatic nitrogens is 4. The monoisotopic (exact) mass is 720 g/mol. The first-order chi connectivity index (χ1) is 25.1. The van der Waals surface area contributed by atoms with Gasteiger partial charge in [-0.2, -0.15) is 9.87 Å². The first-order valence-corrected chi connectivity index (χ1v) is 19.7. The standard InChI is InChI=1S/C39H40N6O4S2/c1-3-27-19-29-36(50-27)33(25-13-7-5-8-14-25)40-21-31-35(42-23-44(29)31)39(46)47-17-11-12-18-48-49-38-32-22-41-34(26-15-9-6-10-16-26)37-30(45(32)24-43-38)20-28(4-2)51-37/h1-2,19-20,23-26H,5-18,21-22H2. The summed E-state index contributed by atoms with van der Waals surface area (Å²) in [5, 5.41) is 0.